The van der Waals surface area contributed by atoms with Crippen LogP contribution in [-0.4, -0.2) is 55.9 Å². The number of nitrogens with zero attached hydrogens (tertiary/aromatic N) is 1. The highest BCUT2D eigenvalue weighted by atomic mass is 17.3. The lowest BCUT2D eigenvalue weighted by atomic mass is 9.53. The van der Waals surface area contributed by atoms with E-state index >= 15 is 0 Å². The Bertz CT molecular complexity index is 856. The summed E-state index contributed by atoms with van der Waals surface area (Å²) in [6.07, 6.45) is 11.7. The topological polar surface area (TPSA) is 49.4 Å². The minimum absolute atomic E-state index is 0.440. The molecule has 192 valence electrons. The maximum Gasteiger partial charge on any atom is 0.210 e. The molecule has 0 aromatic heterocycles. The molecule has 5 aliphatic carbocycles. The van der Waals surface area contributed by atoms with Crippen molar-refractivity contribution in [2.45, 2.75) is 81.7 Å². The Kier molecular flexibility index (Phi) is 6.10. The van der Waals surface area contributed by atoms with Gasteiger partial charge in [-0.2, -0.15) is 9.78 Å². The molecule has 4 bridgehead atoms. The Morgan fingerprint density at radius 3 is 2.40 bits per heavy atom. The highest BCUT2D eigenvalue weighted by Crippen LogP contribution is 2.64. The van der Waals surface area contributed by atoms with Crippen molar-refractivity contribution >= 4 is 0 Å². The standard InChI is InChI=1S/C29H41NO5/c1-3-24(23-4-6-27(7-5-23)32-12-2-9-30-10-13-31-14-11-30)20-28(8-1)33-29(35-34-28)25-16-21-15-22(18-25)19-26(29)17-21/h4-7,21-22,24-26H,1-3,8-20H2/t21?,22?,24?,25?,26?,28-,29?/m1/s1. The molecule has 1 aromatic carbocycles. The summed E-state index contributed by atoms with van der Waals surface area (Å²) in [7, 11) is 0. The number of hydrogen-bond acceptors (Lipinski definition) is 6. The summed E-state index contributed by atoms with van der Waals surface area (Å²) in [5.41, 5.74) is 1.36. The van der Waals surface area contributed by atoms with Gasteiger partial charge in [0.05, 0.1) is 19.8 Å². The molecular formula is C29H41NO5. The first-order valence-corrected chi connectivity index (χ1v) is 14.3. The Labute approximate surface area is 209 Å². The second kappa shape index (κ2) is 9.29. The molecule has 7 aliphatic rings. The molecule has 2 saturated heterocycles. The molecule has 2 atom stereocenters. The largest absolute Gasteiger partial charge is 0.494 e. The minimum Gasteiger partial charge on any atom is -0.494 e. The van der Waals surface area contributed by atoms with Crippen LogP contribution in [-0.2, 0) is 19.2 Å². The van der Waals surface area contributed by atoms with Crippen molar-refractivity contribution in [1.29, 1.82) is 0 Å². The van der Waals surface area contributed by atoms with Gasteiger partial charge in [0.1, 0.15) is 5.75 Å². The van der Waals surface area contributed by atoms with Crippen molar-refractivity contribution in [2.24, 2.45) is 23.7 Å². The maximum absolute atomic E-state index is 6.96. The Morgan fingerprint density at radius 2 is 1.66 bits per heavy atom. The second-order valence-electron chi connectivity index (χ2n) is 12.2. The number of ether oxygens (including phenoxy) is 3. The fourth-order valence-electron chi connectivity index (χ4n) is 8.40. The Balaban J connectivity index is 0.951. The first kappa shape index (κ1) is 23.0. The molecule has 0 N–H and O–H groups in total. The summed E-state index contributed by atoms with van der Waals surface area (Å²) in [5.74, 6) is 3.22. The second-order valence-corrected chi connectivity index (χ2v) is 12.2. The van der Waals surface area contributed by atoms with Crippen molar-refractivity contribution in [3.05, 3.63) is 29.8 Å². The van der Waals surface area contributed by atoms with Gasteiger partial charge < -0.3 is 14.2 Å². The van der Waals surface area contributed by atoms with Crippen molar-refractivity contribution in [3.63, 3.8) is 0 Å². The molecule has 8 rings (SSSR count). The average molecular weight is 484 g/mol. The molecule has 6 heteroatoms. The van der Waals surface area contributed by atoms with Gasteiger partial charge in [-0.25, -0.2) is 0 Å². The lowest BCUT2D eigenvalue weighted by Gasteiger charge is -2.57. The van der Waals surface area contributed by atoms with Crippen LogP contribution in [0.25, 0.3) is 0 Å². The van der Waals surface area contributed by atoms with E-state index in [9.17, 15) is 0 Å². The lowest BCUT2D eigenvalue weighted by molar-refractivity contribution is -0.390. The molecule has 6 nitrogen and oxygen atoms in total. The van der Waals surface area contributed by atoms with E-state index in [-0.39, 0.29) is 0 Å². The van der Waals surface area contributed by atoms with Crippen LogP contribution in [0.15, 0.2) is 24.3 Å². The van der Waals surface area contributed by atoms with Crippen molar-refractivity contribution in [3.8, 4) is 5.75 Å². The Morgan fingerprint density at radius 1 is 0.914 bits per heavy atom. The van der Waals surface area contributed by atoms with E-state index in [2.05, 4.69) is 29.2 Å². The first-order chi connectivity index (χ1) is 17.2. The van der Waals surface area contributed by atoms with Crippen molar-refractivity contribution < 1.29 is 24.0 Å². The van der Waals surface area contributed by atoms with Crippen LogP contribution in [0.5, 0.6) is 5.75 Å². The van der Waals surface area contributed by atoms with Gasteiger partial charge in [0.25, 0.3) is 0 Å². The van der Waals surface area contributed by atoms with Crippen molar-refractivity contribution in [2.75, 3.05) is 39.5 Å². The molecule has 2 aliphatic heterocycles. The zero-order valence-electron chi connectivity index (χ0n) is 21.0. The minimum atomic E-state index is -0.563. The molecule has 1 unspecified atom stereocenters. The van der Waals surface area contributed by atoms with E-state index in [1.54, 1.807) is 0 Å². The summed E-state index contributed by atoms with van der Waals surface area (Å²) in [4.78, 5) is 14.9. The summed E-state index contributed by atoms with van der Waals surface area (Å²) < 4.78 is 18.4. The SMILES string of the molecule is c1cc(C2CCC[C@]3(C2)OOC2(O3)C3CC4CC(C3)CC2C4)ccc1OCCCN1CCOCC1. The van der Waals surface area contributed by atoms with Gasteiger partial charge in [-0.1, -0.05) is 12.1 Å². The number of morpholine rings is 1. The van der Waals surface area contributed by atoms with E-state index in [1.807, 2.05) is 0 Å². The van der Waals surface area contributed by atoms with Gasteiger partial charge in [0.15, 0.2) is 0 Å². The van der Waals surface area contributed by atoms with E-state index in [4.69, 9.17) is 24.0 Å². The van der Waals surface area contributed by atoms with Crippen LogP contribution in [0.3, 0.4) is 0 Å². The van der Waals surface area contributed by atoms with E-state index in [1.165, 1.54) is 44.1 Å². The first-order valence-electron chi connectivity index (χ1n) is 14.3. The molecule has 2 heterocycles. The molecular weight excluding hydrogens is 442 g/mol. The van der Waals surface area contributed by atoms with Crippen LogP contribution in [0.2, 0.25) is 0 Å². The third-order valence-corrected chi connectivity index (χ3v) is 9.96. The molecule has 2 spiro atoms. The van der Waals surface area contributed by atoms with Crippen LogP contribution < -0.4 is 4.74 Å². The molecule has 5 saturated carbocycles. The molecule has 1 aromatic rings. The van der Waals surface area contributed by atoms with Gasteiger partial charge in [-0.3, -0.25) is 4.90 Å². The Hall–Kier alpha value is -1.18. The normalized spacial score (nSPS) is 42.8. The van der Waals surface area contributed by atoms with Crippen LogP contribution in [0.4, 0.5) is 0 Å². The summed E-state index contributed by atoms with van der Waals surface area (Å²) >= 11 is 0. The van der Waals surface area contributed by atoms with E-state index in [0.717, 1.165) is 82.7 Å². The van der Waals surface area contributed by atoms with Gasteiger partial charge in [-0.15, -0.1) is 0 Å². The summed E-state index contributed by atoms with van der Waals surface area (Å²) in [5, 5.41) is 0. The summed E-state index contributed by atoms with van der Waals surface area (Å²) in [6, 6.07) is 8.76. The van der Waals surface area contributed by atoms with E-state index in [0.29, 0.717) is 17.8 Å². The highest BCUT2D eigenvalue weighted by Gasteiger charge is 2.67. The van der Waals surface area contributed by atoms with E-state index < -0.39 is 11.6 Å². The number of hydrogen-bond donors (Lipinski definition) is 0. The third-order valence-electron chi connectivity index (χ3n) is 9.96. The number of benzene rings is 1. The average Bonchev–Trinajstić information content (AvgIpc) is 3.25. The lowest BCUT2D eigenvalue weighted by Crippen LogP contribution is -2.59. The number of rotatable bonds is 6. The van der Waals surface area contributed by atoms with Gasteiger partial charge in [-0.05, 0) is 86.8 Å². The van der Waals surface area contributed by atoms with Crippen LogP contribution in [0, 0.1) is 23.7 Å². The highest BCUT2D eigenvalue weighted by molar-refractivity contribution is 5.30. The summed E-state index contributed by atoms with van der Waals surface area (Å²) in [6.45, 7) is 5.64. The monoisotopic (exact) mass is 483 g/mol. The van der Waals surface area contributed by atoms with Crippen LogP contribution in [0.1, 0.15) is 75.7 Å². The van der Waals surface area contributed by atoms with Gasteiger partial charge >= 0.3 is 0 Å². The smallest absolute Gasteiger partial charge is 0.210 e. The quantitative estimate of drug-likeness (QED) is 0.406. The molecule has 35 heavy (non-hydrogen) atoms. The molecule has 0 radical (unpaired) electrons. The molecule has 0 amide bonds. The zero-order valence-corrected chi connectivity index (χ0v) is 21.0. The molecule has 7 fully saturated rings. The van der Waals surface area contributed by atoms with Gasteiger partial charge in [0, 0.05) is 44.3 Å². The fourth-order valence-corrected chi connectivity index (χ4v) is 8.40. The zero-order chi connectivity index (χ0) is 23.3. The maximum atomic E-state index is 6.96. The third kappa shape index (κ3) is 4.33. The van der Waals surface area contributed by atoms with Crippen LogP contribution >= 0.6 is 0 Å². The fraction of sp³-hybridized carbons (Fsp3) is 0.793. The van der Waals surface area contributed by atoms with Gasteiger partial charge in [0.2, 0.25) is 11.6 Å². The predicted octanol–water partition coefficient (Wildman–Crippen LogP) is 5.27. The van der Waals surface area contributed by atoms with Crippen molar-refractivity contribution in [1.82, 2.24) is 4.90 Å². The predicted molar refractivity (Wildman–Crippen MR) is 131 cm³/mol.